The van der Waals surface area contributed by atoms with Crippen LogP contribution in [-0.2, 0) is 16.4 Å². The summed E-state index contributed by atoms with van der Waals surface area (Å²) >= 11 is 1.63. The number of nitrogens with one attached hydrogen (secondary N) is 1. The van der Waals surface area contributed by atoms with Crippen LogP contribution in [-0.4, -0.2) is 27.9 Å². The molecule has 0 radical (unpaired) electrons. The number of nitrogens with zero attached hydrogens (tertiary/aromatic N) is 1. The lowest BCUT2D eigenvalue weighted by molar-refractivity contribution is 0.0951. The average molecular weight is 401 g/mol. The number of carbonyl (C=O) groups is 1. The second kappa shape index (κ2) is 8.37. The second-order valence-electron chi connectivity index (χ2n) is 5.89. The monoisotopic (exact) mass is 400 g/mol. The van der Waals surface area contributed by atoms with Gasteiger partial charge in [0.1, 0.15) is 4.90 Å². The van der Waals surface area contributed by atoms with Gasteiger partial charge in [0.2, 0.25) is 0 Å². The maximum Gasteiger partial charge on any atom is 0.264 e. The number of carbonyl (C=O) groups excluding carboxylic acids is 1. The molecule has 0 saturated heterocycles. The van der Waals surface area contributed by atoms with Crippen LogP contribution in [0.5, 0.6) is 0 Å². The highest BCUT2D eigenvalue weighted by Gasteiger charge is 2.26. The van der Waals surface area contributed by atoms with Crippen LogP contribution in [0.2, 0.25) is 0 Å². The molecule has 1 N–H and O–H groups in total. The van der Waals surface area contributed by atoms with Crippen molar-refractivity contribution in [3.63, 3.8) is 0 Å². The minimum atomic E-state index is -3.86. The third-order valence-corrected chi connectivity index (χ3v) is 6.91. The van der Waals surface area contributed by atoms with E-state index >= 15 is 0 Å². The number of hydrogen-bond donors (Lipinski definition) is 1. The molecule has 140 valence electrons. The van der Waals surface area contributed by atoms with Gasteiger partial charge in [-0.2, -0.15) is 0 Å². The first-order chi connectivity index (χ1) is 13.0. The predicted molar refractivity (Wildman–Crippen MR) is 109 cm³/mol. The van der Waals surface area contributed by atoms with Crippen molar-refractivity contribution < 1.29 is 13.2 Å². The molecule has 1 aromatic heterocycles. The highest BCUT2D eigenvalue weighted by Crippen LogP contribution is 2.24. The molecule has 5 nitrogen and oxygen atoms in total. The number of anilines is 1. The summed E-state index contributed by atoms with van der Waals surface area (Å²) < 4.78 is 27.3. The summed E-state index contributed by atoms with van der Waals surface area (Å²) in [5.41, 5.74) is 0.678. The van der Waals surface area contributed by atoms with Crippen molar-refractivity contribution in [3.05, 3.63) is 82.6 Å². The molecule has 1 amide bonds. The molecule has 0 saturated carbocycles. The van der Waals surface area contributed by atoms with Gasteiger partial charge >= 0.3 is 0 Å². The average Bonchev–Trinajstić information content (AvgIpc) is 3.21. The maximum atomic E-state index is 13.1. The van der Waals surface area contributed by atoms with E-state index in [2.05, 4.69) is 5.32 Å². The van der Waals surface area contributed by atoms with Crippen molar-refractivity contribution >= 4 is 33.0 Å². The SMILES string of the molecule is CN(c1ccccc1)S(=O)(=O)c1ccccc1C(=O)NCCc1cccs1. The minimum Gasteiger partial charge on any atom is -0.352 e. The molecule has 3 aromatic rings. The number of hydrogen-bond acceptors (Lipinski definition) is 4. The van der Waals surface area contributed by atoms with Crippen molar-refractivity contribution in [2.24, 2.45) is 0 Å². The normalized spacial score (nSPS) is 11.1. The van der Waals surface area contributed by atoms with E-state index in [4.69, 9.17) is 0 Å². The molecule has 2 aromatic carbocycles. The van der Waals surface area contributed by atoms with Crippen molar-refractivity contribution in [3.8, 4) is 0 Å². The van der Waals surface area contributed by atoms with Gasteiger partial charge in [-0.1, -0.05) is 36.4 Å². The van der Waals surface area contributed by atoms with Crippen molar-refractivity contribution in [2.45, 2.75) is 11.3 Å². The van der Waals surface area contributed by atoms with E-state index in [1.54, 1.807) is 47.7 Å². The Morgan fingerprint density at radius 2 is 1.70 bits per heavy atom. The summed E-state index contributed by atoms with van der Waals surface area (Å²) in [5, 5.41) is 4.80. The van der Waals surface area contributed by atoms with Gasteiger partial charge in [0.25, 0.3) is 15.9 Å². The van der Waals surface area contributed by atoms with Crippen LogP contribution in [0, 0.1) is 0 Å². The Bertz CT molecular complexity index is 1000. The van der Waals surface area contributed by atoms with E-state index in [9.17, 15) is 13.2 Å². The van der Waals surface area contributed by atoms with Crippen LogP contribution in [0.25, 0.3) is 0 Å². The summed E-state index contributed by atoms with van der Waals surface area (Å²) in [5.74, 6) is -0.396. The Labute approximate surface area is 163 Å². The molecular weight excluding hydrogens is 380 g/mol. The van der Waals surface area contributed by atoms with Crippen molar-refractivity contribution in [1.29, 1.82) is 0 Å². The highest BCUT2D eigenvalue weighted by molar-refractivity contribution is 7.92. The van der Waals surface area contributed by atoms with Gasteiger partial charge in [-0.05, 0) is 42.1 Å². The van der Waals surface area contributed by atoms with Crippen LogP contribution in [0.15, 0.2) is 77.0 Å². The fraction of sp³-hybridized carbons (Fsp3) is 0.150. The van der Waals surface area contributed by atoms with Gasteiger partial charge in [0.15, 0.2) is 0 Å². The lowest BCUT2D eigenvalue weighted by Crippen LogP contribution is -2.31. The molecule has 0 unspecified atom stereocenters. The summed E-state index contributed by atoms with van der Waals surface area (Å²) in [6.07, 6.45) is 0.711. The number of rotatable bonds is 7. The standard InChI is InChI=1S/C20H20N2O3S2/c1-22(16-8-3-2-4-9-16)27(24,25)19-12-6-5-11-18(19)20(23)21-14-13-17-10-7-15-26-17/h2-12,15H,13-14H2,1H3,(H,21,23). The quantitative estimate of drug-likeness (QED) is 0.660. The Morgan fingerprint density at radius 1 is 1.00 bits per heavy atom. The molecule has 0 spiro atoms. The number of benzene rings is 2. The number of para-hydroxylation sites is 1. The topological polar surface area (TPSA) is 66.5 Å². The lowest BCUT2D eigenvalue weighted by atomic mass is 10.2. The summed E-state index contributed by atoms with van der Waals surface area (Å²) in [7, 11) is -2.38. The number of amides is 1. The first-order valence-electron chi connectivity index (χ1n) is 8.44. The first kappa shape index (κ1) is 19.1. The zero-order chi connectivity index (χ0) is 19.3. The molecule has 27 heavy (non-hydrogen) atoms. The van der Waals surface area contributed by atoms with Gasteiger partial charge in [-0.3, -0.25) is 9.10 Å². The smallest absolute Gasteiger partial charge is 0.264 e. The summed E-state index contributed by atoms with van der Waals surface area (Å²) in [6, 6.07) is 19.0. The fourth-order valence-electron chi connectivity index (χ4n) is 2.65. The Hall–Kier alpha value is -2.64. The van der Waals surface area contributed by atoms with Crippen LogP contribution < -0.4 is 9.62 Å². The van der Waals surface area contributed by atoms with Crippen LogP contribution >= 0.6 is 11.3 Å². The maximum absolute atomic E-state index is 13.1. The zero-order valence-corrected chi connectivity index (χ0v) is 16.5. The molecule has 0 aliphatic heterocycles. The second-order valence-corrected chi connectivity index (χ2v) is 8.86. The van der Waals surface area contributed by atoms with Crippen molar-refractivity contribution in [1.82, 2.24) is 5.32 Å². The number of sulfonamides is 1. The Balaban J connectivity index is 1.81. The van der Waals surface area contributed by atoms with E-state index < -0.39 is 15.9 Å². The molecule has 0 atom stereocenters. The van der Waals surface area contributed by atoms with E-state index in [1.165, 1.54) is 28.4 Å². The predicted octanol–water partition coefficient (Wildman–Crippen LogP) is 3.55. The summed E-state index contributed by atoms with van der Waals surface area (Å²) in [6.45, 7) is 0.447. The molecule has 0 aliphatic carbocycles. The van der Waals surface area contributed by atoms with Gasteiger partial charge in [0.05, 0.1) is 11.3 Å². The molecule has 1 heterocycles. The highest BCUT2D eigenvalue weighted by atomic mass is 32.2. The van der Waals surface area contributed by atoms with Gasteiger partial charge in [0, 0.05) is 18.5 Å². The van der Waals surface area contributed by atoms with E-state index in [1.807, 2.05) is 23.6 Å². The largest absolute Gasteiger partial charge is 0.352 e. The fourth-order valence-corrected chi connectivity index (χ4v) is 4.75. The van der Waals surface area contributed by atoms with E-state index in [0.29, 0.717) is 18.7 Å². The molecule has 0 fully saturated rings. The third kappa shape index (κ3) is 4.37. The van der Waals surface area contributed by atoms with Gasteiger partial charge in [-0.15, -0.1) is 11.3 Å². The molecule has 7 heteroatoms. The Kier molecular flexibility index (Phi) is 5.93. The van der Waals surface area contributed by atoms with E-state index in [0.717, 1.165) is 0 Å². The van der Waals surface area contributed by atoms with E-state index in [-0.39, 0.29) is 10.5 Å². The number of thiophene rings is 1. The first-order valence-corrected chi connectivity index (χ1v) is 10.8. The van der Waals surface area contributed by atoms with Crippen LogP contribution in [0.4, 0.5) is 5.69 Å². The molecule has 0 bridgehead atoms. The third-order valence-electron chi connectivity index (χ3n) is 4.13. The zero-order valence-electron chi connectivity index (χ0n) is 14.8. The van der Waals surface area contributed by atoms with Gasteiger partial charge in [-0.25, -0.2) is 8.42 Å². The lowest BCUT2D eigenvalue weighted by Gasteiger charge is -2.21. The Morgan fingerprint density at radius 3 is 2.41 bits per heavy atom. The molecule has 0 aliphatic rings. The van der Waals surface area contributed by atoms with Gasteiger partial charge < -0.3 is 5.32 Å². The minimum absolute atomic E-state index is 0.00928. The van der Waals surface area contributed by atoms with Crippen LogP contribution in [0.1, 0.15) is 15.2 Å². The van der Waals surface area contributed by atoms with Crippen molar-refractivity contribution in [2.75, 3.05) is 17.9 Å². The molecule has 3 rings (SSSR count). The molecular formula is C20H20N2O3S2. The van der Waals surface area contributed by atoms with Crippen LogP contribution in [0.3, 0.4) is 0 Å². The summed E-state index contributed by atoms with van der Waals surface area (Å²) in [4.78, 5) is 13.8.